The molecule has 0 fully saturated rings. The number of benzene rings is 1. The molecule has 1 N–H and O–H groups in total. The van der Waals surface area contributed by atoms with Crippen LogP contribution in [0.5, 0.6) is 0 Å². The minimum absolute atomic E-state index is 0.607. The number of aliphatic hydroxyl groups is 1. The minimum Gasteiger partial charge on any atom is -0.383 e. The Morgan fingerprint density at radius 2 is 1.95 bits per heavy atom. The van der Waals surface area contributed by atoms with Crippen molar-refractivity contribution in [1.82, 2.24) is 9.78 Å². The van der Waals surface area contributed by atoms with Crippen molar-refractivity contribution in [2.45, 2.75) is 20.0 Å². The number of hydrogen-bond donors (Lipinski definition) is 1. The Hall–Kier alpha value is -1.91. The Kier molecular flexibility index (Phi) is 3.42. The molecule has 0 radical (unpaired) electrons. The summed E-state index contributed by atoms with van der Waals surface area (Å²) in [5, 5.41) is 14.8. The van der Waals surface area contributed by atoms with Gasteiger partial charge in [0.15, 0.2) is 0 Å². The molecule has 20 heavy (non-hydrogen) atoms. The van der Waals surface area contributed by atoms with Gasteiger partial charge in [0.1, 0.15) is 6.10 Å². The average molecular weight is 284 g/mol. The number of aliphatic hydroxyl groups excluding tert-OH is 1. The fourth-order valence-electron chi connectivity index (χ4n) is 2.10. The molecule has 0 amide bonds. The van der Waals surface area contributed by atoms with Crippen LogP contribution < -0.4 is 0 Å². The first-order valence-electron chi connectivity index (χ1n) is 6.50. The molecule has 0 spiro atoms. The quantitative estimate of drug-likeness (QED) is 0.797. The average Bonchev–Trinajstić information content (AvgIpc) is 3.07. The topological polar surface area (TPSA) is 38.1 Å². The van der Waals surface area contributed by atoms with Crippen LogP contribution in [-0.2, 0) is 0 Å². The molecule has 0 aliphatic rings. The summed E-state index contributed by atoms with van der Waals surface area (Å²) >= 11 is 1.64. The van der Waals surface area contributed by atoms with Gasteiger partial charge in [0.25, 0.3) is 0 Å². The maximum atomic E-state index is 10.4. The summed E-state index contributed by atoms with van der Waals surface area (Å²) in [7, 11) is 0. The molecule has 102 valence electrons. The SMILES string of the molecule is Cc1cc(C(O)c2cnn(-c3ccccc3)c2)sc1C. The number of aromatic nitrogens is 2. The van der Waals surface area contributed by atoms with Crippen molar-refractivity contribution in [2.75, 3.05) is 0 Å². The summed E-state index contributed by atoms with van der Waals surface area (Å²) < 4.78 is 1.78. The second-order valence-electron chi connectivity index (χ2n) is 4.84. The van der Waals surface area contributed by atoms with Crippen molar-refractivity contribution in [3.8, 4) is 5.69 Å². The molecule has 1 atom stereocenters. The van der Waals surface area contributed by atoms with E-state index in [-0.39, 0.29) is 0 Å². The number of para-hydroxylation sites is 1. The van der Waals surface area contributed by atoms with Crippen molar-refractivity contribution in [3.05, 3.63) is 69.7 Å². The van der Waals surface area contributed by atoms with Gasteiger partial charge in [0.2, 0.25) is 0 Å². The van der Waals surface area contributed by atoms with Crippen molar-refractivity contribution in [3.63, 3.8) is 0 Å². The number of hydrogen-bond acceptors (Lipinski definition) is 3. The molecule has 2 heterocycles. The van der Waals surface area contributed by atoms with Crippen LogP contribution in [0.15, 0.2) is 48.8 Å². The molecule has 0 saturated carbocycles. The molecule has 0 saturated heterocycles. The Balaban J connectivity index is 1.90. The van der Waals surface area contributed by atoms with E-state index in [9.17, 15) is 5.11 Å². The van der Waals surface area contributed by atoms with Crippen LogP contribution in [0.3, 0.4) is 0 Å². The zero-order chi connectivity index (χ0) is 14.1. The molecule has 3 rings (SSSR count). The molecular weight excluding hydrogens is 268 g/mol. The lowest BCUT2D eigenvalue weighted by Crippen LogP contribution is -1.96. The Bertz CT molecular complexity index is 696. The predicted octanol–water partition coefficient (Wildman–Crippen LogP) is 3.63. The lowest BCUT2D eigenvalue weighted by molar-refractivity contribution is 0.224. The van der Waals surface area contributed by atoms with E-state index in [0.29, 0.717) is 0 Å². The van der Waals surface area contributed by atoms with Crippen LogP contribution in [0.4, 0.5) is 0 Å². The second kappa shape index (κ2) is 5.23. The van der Waals surface area contributed by atoms with E-state index < -0.39 is 6.10 Å². The molecular formula is C16H16N2OS. The zero-order valence-electron chi connectivity index (χ0n) is 11.4. The van der Waals surface area contributed by atoms with Crippen LogP contribution >= 0.6 is 11.3 Å². The van der Waals surface area contributed by atoms with Gasteiger partial charge in [-0.25, -0.2) is 4.68 Å². The maximum Gasteiger partial charge on any atom is 0.116 e. The Morgan fingerprint density at radius 1 is 1.20 bits per heavy atom. The standard InChI is InChI=1S/C16H16N2OS/c1-11-8-15(20-12(11)2)16(19)13-9-17-18(10-13)14-6-4-3-5-7-14/h3-10,16,19H,1-2H3. The Labute approximate surface area is 122 Å². The molecule has 0 aliphatic carbocycles. The van der Waals surface area contributed by atoms with Crippen molar-refractivity contribution in [1.29, 1.82) is 0 Å². The molecule has 2 aromatic heterocycles. The smallest absolute Gasteiger partial charge is 0.116 e. The summed E-state index contributed by atoms with van der Waals surface area (Å²) in [5.74, 6) is 0. The molecule has 1 unspecified atom stereocenters. The van der Waals surface area contributed by atoms with E-state index in [2.05, 4.69) is 18.9 Å². The van der Waals surface area contributed by atoms with Gasteiger partial charge in [-0.15, -0.1) is 11.3 Å². The highest BCUT2D eigenvalue weighted by Gasteiger charge is 2.16. The first kappa shape index (κ1) is 13.1. The van der Waals surface area contributed by atoms with Gasteiger partial charge >= 0.3 is 0 Å². The second-order valence-corrected chi connectivity index (χ2v) is 6.13. The van der Waals surface area contributed by atoms with E-state index in [1.165, 1.54) is 10.4 Å². The van der Waals surface area contributed by atoms with E-state index in [0.717, 1.165) is 16.1 Å². The van der Waals surface area contributed by atoms with Crippen molar-refractivity contribution < 1.29 is 5.11 Å². The number of nitrogens with zero attached hydrogens (tertiary/aromatic N) is 2. The van der Waals surface area contributed by atoms with E-state index in [1.54, 1.807) is 22.2 Å². The van der Waals surface area contributed by atoms with Gasteiger partial charge in [0.05, 0.1) is 11.9 Å². The van der Waals surface area contributed by atoms with E-state index in [1.807, 2.05) is 42.6 Å². The summed E-state index contributed by atoms with van der Waals surface area (Å²) in [5.41, 5.74) is 3.03. The lowest BCUT2D eigenvalue weighted by atomic mass is 10.1. The van der Waals surface area contributed by atoms with Gasteiger partial charge in [-0.1, -0.05) is 18.2 Å². The zero-order valence-corrected chi connectivity index (χ0v) is 12.3. The van der Waals surface area contributed by atoms with Crippen LogP contribution in [0.25, 0.3) is 5.69 Å². The normalized spacial score (nSPS) is 12.6. The van der Waals surface area contributed by atoms with Crippen LogP contribution in [0, 0.1) is 13.8 Å². The lowest BCUT2D eigenvalue weighted by Gasteiger charge is -2.05. The predicted molar refractivity (Wildman–Crippen MR) is 81.4 cm³/mol. The molecule has 3 nitrogen and oxygen atoms in total. The highest BCUT2D eigenvalue weighted by Crippen LogP contribution is 2.30. The third kappa shape index (κ3) is 2.40. The monoisotopic (exact) mass is 284 g/mol. The van der Waals surface area contributed by atoms with E-state index in [4.69, 9.17) is 0 Å². The Morgan fingerprint density at radius 3 is 2.60 bits per heavy atom. The first-order valence-corrected chi connectivity index (χ1v) is 7.32. The number of thiophene rings is 1. The molecule has 1 aromatic carbocycles. The summed E-state index contributed by atoms with van der Waals surface area (Å²) in [4.78, 5) is 2.21. The molecule has 4 heteroatoms. The summed E-state index contributed by atoms with van der Waals surface area (Å²) in [6.07, 6.45) is 3.00. The third-order valence-corrected chi connectivity index (χ3v) is 4.60. The summed E-state index contributed by atoms with van der Waals surface area (Å²) in [6.45, 7) is 4.14. The fraction of sp³-hybridized carbons (Fsp3) is 0.188. The van der Waals surface area contributed by atoms with Gasteiger partial charge in [0, 0.05) is 21.5 Å². The van der Waals surface area contributed by atoms with Crippen molar-refractivity contribution >= 4 is 11.3 Å². The third-order valence-electron chi connectivity index (χ3n) is 3.39. The highest BCUT2D eigenvalue weighted by atomic mass is 32.1. The van der Waals surface area contributed by atoms with Gasteiger partial charge in [-0.2, -0.15) is 5.10 Å². The van der Waals surface area contributed by atoms with E-state index >= 15 is 0 Å². The van der Waals surface area contributed by atoms with Gasteiger partial charge < -0.3 is 5.11 Å². The van der Waals surface area contributed by atoms with Crippen LogP contribution in [0.2, 0.25) is 0 Å². The fourth-order valence-corrected chi connectivity index (χ4v) is 3.16. The van der Waals surface area contributed by atoms with Crippen LogP contribution in [0.1, 0.15) is 27.0 Å². The number of aryl methyl sites for hydroxylation is 2. The molecule has 3 aromatic rings. The van der Waals surface area contributed by atoms with Gasteiger partial charge in [-0.05, 0) is 37.6 Å². The maximum absolute atomic E-state index is 10.4. The van der Waals surface area contributed by atoms with Crippen LogP contribution in [-0.4, -0.2) is 14.9 Å². The number of rotatable bonds is 3. The molecule has 0 aliphatic heterocycles. The highest BCUT2D eigenvalue weighted by molar-refractivity contribution is 7.12. The minimum atomic E-state index is -0.607. The van der Waals surface area contributed by atoms with Gasteiger partial charge in [-0.3, -0.25) is 0 Å². The largest absolute Gasteiger partial charge is 0.383 e. The van der Waals surface area contributed by atoms with Crippen molar-refractivity contribution in [2.24, 2.45) is 0 Å². The first-order chi connectivity index (χ1) is 9.65. The summed E-state index contributed by atoms with van der Waals surface area (Å²) in [6, 6.07) is 11.9. The molecule has 0 bridgehead atoms.